The fourth-order valence-electron chi connectivity index (χ4n) is 13.8. The molecule has 2 aliphatic heterocycles. The molecular formula is C38H59NO8. The molecule has 0 aromatic carbocycles. The smallest absolute Gasteiger partial charge is 0.438 e. The Bertz CT molecular complexity index is 1270. The number of hydrogen-bond donors (Lipinski definition) is 1. The molecule has 9 heteroatoms. The van der Waals surface area contributed by atoms with Crippen LogP contribution >= 0.6 is 0 Å². The number of ether oxygens (including phenoxy) is 5. The van der Waals surface area contributed by atoms with E-state index < -0.39 is 12.3 Å². The van der Waals surface area contributed by atoms with Crippen LogP contribution in [0.2, 0.25) is 0 Å². The molecule has 0 aromatic rings. The number of fused-ring (bicyclic) bond motifs is 4. The van der Waals surface area contributed by atoms with E-state index in [1.807, 2.05) is 4.90 Å². The Kier molecular flexibility index (Phi) is 7.70. The molecule has 8 fully saturated rings. The topological polar surface area (TPSA) is 104 Å². The highest BCUT2D eigenvalue weighted by atomic mass is 16.7. The lowest BCUT2D eigenvalue weighted by atomic mass is 9.41. The molecule has 6 aliphatic carbocycles. The average Bonchev–Trinajstić information content (AvgIpc) is 3.96. The maximum atomic E-state index is 12.9. The van der Waals surface area contributed by atoms with Gasteiger partial charge in [0.1, 0.15) is 6.61 Å². The molecule has 0 radical (unpaired) electrons. The highest BCUT2D eigenvalue weighted by Gasteiger charge is 2.84. The Morgan fingerprint density at radius 3 is 2.47 bits per heavy atom. The molecule has 8 rings (SSSR count). The number of aliphatic hydroxyl groups is 1. The Balaban J connectivity index is 0.987. The van der Waals surface area contributed by atoms with Gasteiger partial charge < -0.3 is 33.7 Å². The third-order valence-electron chi connectivity index (χ3n) is 16.2. The van der Waals surface area contributed by atoms with Crippen molar-refractivity contribution in [3.05, 3.63) is 0 Å². The first-order chi connectivity index (χ1) is 22.3. The first kappa shape index (κ1) is 32.8. The van der Waals surface area contributed by atoms with Crippen LogP contribution in [0, 0.1) is 56.7 Å². The molecule has 0 aromatic heterocycles. The van der Waals surface area contributed by atoms with Crippen LogP contribution in [0.3, 0.4) is 0 Å². The van der Waals surface area contributed by atoms with Crippen LogP contribution in [0.5, 0.6) is 0 Å². The fourth-order valence-corrected chi connectivity index (χ4v) is 13.8. The summed E-state index contributed by atoms with van der Waals surface area (Å²) in [5, 5.41) is 12.4. The molecule has 47 heavy (non-hydrogen) atoms. The summed E-state index contributed by atoms with van der Waals surface area (Å²) >= 11 is 0. The van der Waals surface area contributed by atoms with E-state index in [9.17, 15) is 14.7 Å². The Hall–Kier alpha value is -1.42. The summed E-state index contributed by atoms with van der Waals surface area (Å²) in [6.07, 6.45) is 10.1. The van der Waals surface area contributed by atoms with Crippen molar-refractivity contribution in [2.45, 2.75) is 136 Å². The number of morpholine rings is 1. The second-order valence-electron chi connectivity index (χ2n) is 18.3. The van der Waals surface area contributed by atoms with Crippen LogP contribution in [-0.2, 0) is 28.5 Å². The van der Waals surface area contributed by atoms with Crippen LogP contribution in [0.15, 0.2) is 0 Å². The molecule has 8 aliphatic rings. The van der Waals surface area contributed by atoms with Crippen molar-refractivity contribution in [3.8, 4) is 0 Å². The molecule has 13 atom stereocenters. The maximum absolute atomic E-state index is 12.9. The van der Waals surface area contributed by atoms with Crippen molar-refractivity contribution in [1.29, 1.82) is 0 Å². The summed E-state index contributed by atoms with van der Waals surface area (Å²) in [6, 6.07) is 0. The summed E-state index contributed by atoms with van der Waals surface area (Å²) < 4.78 is 29.6. The van der Waals surface area contributed by atoms with Crippen LogP contribution in [0.25, 0.3) is 0 Å². The number of nitrogens with zero attached hydrogens (tertiary/aromatic N) is 1. The van der Waals surface area contributed by atoms with Crippen LogP contribution in [0.1, 0.15) is 105 Å². The van der Waals surface area contributed by atoms with Gasteiger partial charge in [0, 0.05) is 18.4 Å². The van der Waals surface area contributed by atoms with Crippen LogP contribution in [0.4, 0.5) is 4.79 Å². The largest absolute Gasteiger partial charge is 0.508 e. The monoisotopic (exact) mass is 657 g/mol. The molecule has 9 nitrogen and oxygen atoms in total. The van der Waals surface area contributed by atoms with E-state index in [0.29, 0.717) is 55.2 Å². The standard InChI is InChI=1S/C38H59NO8/c1-22-17-24(20-45-33(42)43-6)46-31-30(22)35(4)13-14-38-21-37(38)12-11-27(34(2,3)25(37)9-10-26(38)36(35,5)32(31)41)47-29-19-39(15-16-44-29)28(40)18-23-7-8-23/h22-27,29-32,41H,7-21H2,1-6H3/t22-,24?,25+,26?,27+,29?,30+,31?,32+,35?,36-,37?,38+/m1/s1. The average molecular weight is 658 g/mol. The van der Waals surface area contributed by atoms with Crippen LogP contribution in [-0.4, -0.2) is 86.2 Å². The van der Waals surface area contributed by atoms with Gasteiger partial charge in [0.05, 0.1) is 44.7 Å². The maximum Gasteiger partial charge on any atom is 0.508 e. The first-order valence-corrected chi connectivity index (χ1v) is 18.9. The van der Waals surface area contributed by atoms with Gasteiger partial charge in [0.25, 0.3) is 0 Å². The number of hydrogen-bond acceptors (Lipinski definition) is 8. The predicted molar refractivity (Wildman–Crippen MR) is 173 cm³/mol. The van der Waals surface area contributed by atoms with Gasteiger partial charge in [0.15, 0.2) is 6.29 Å². The van der Waals surface area contributed by atoms with Crippen LogP contribution < -0.4 is 0 Å². The van der Waals surface area contributed by atoms with Gasteiger partial charge in [-0.25, -0.2) is 4.79 Å². The molecule has 1 N–H and O–H groups in total. The summed E-state index contributed by atoms with van der Waals surface area (Å²) in [5.41, 5.74) is 0.343. The van der Waals surface area contributed by atoms with E-state index in [1.54, 1.807) is 0 Å². The van der Waals surface area contributed by atoms with Gasteiger partial charge in [-0.1, -0.05) is 34.6 Å². The van der Waals surface area contributed by atoms with Gasteiger partial charge in [-0.2, -0.15) is 0 Å². The molecule has 2 heterocycles. The van der Waals surface area contributed by atoms with E-state index in [-0.39, 0.29) is 64.7 Å². The third kappa shape index (κ3) is 4.60. The second kappa shape index (κ2) is 11.0. The van der Waals surface area contributed by atoms with Gasteiger partial charge in [-0.05, 0) is 115 Å². The molecule has 2 spiro atoms. The quantitative estimate of drug-likeness (QED) is 0.350. The SMILES string of the molecule is COC(=O)OCC1C[C@@H](C)[C@H]2C(O1)[C@H](O)[C@@]1(C)C3CC[C@H]4C(C)(C)[C@@H](OC5CN(C(=O)CC6CC6)CCO5)CCC45C[C@@]35CCC21C. The van der Waals surface area contributed by atoms with Crippen molar-refractivity contribution in [3.63, 3.8) is 0 Å². The molecule has 1 amide bonds. The van der Waals surface area contributed by atoms with E-state index >= 15 is 0 Å². The van der Waals surface area contributed by atoms with Gasteiger partial charge in [0.2, 0.25) is 5.91 Å². The minimum atomic E-state index is -0.684. The summed E-state index contributed by atoms with van der Waals surface area (Å²) in [7, 11) is 1.32. The molecule has 264 valence electrons. The van der Waals surface area contributed by atoms with E-state index in [0.717, 1.165) is 32.1 Å². The fraction of sp³-hybridized carbons (Fsp3) is 0.947. The highest BCUT2D eigenvalue weighted by molar-refractivity contribution is 5.76. The van der Waals surface area contributed by atoms with Crippen molar-refractivity contribution >= 4 is 12.1 Å². The van der Waals surface area contributed by atoms with Gasteiger partial charge >= 0.3 is 6.16 Å². The zero-order valence-electron chi connectivity index (χ0n) is 29.6. The molecule has 0 bridgehead atoms. The van der Waals surface area contributed by atoms with Crippen molar-refractivity contribution in [1.82, 2.24) is 4.90 Å². The van der Waals surface area contributed by atoms with E-state index in [4.69, 9.17) is 23.7 Å². The number of rotatable bonds is 6. The lowest BCUT2D eigenvalue weighted by molar-refractivity contribution is -0.248. The van der Waals surface area contributed by atoms with E-state index in [2.05, 4.69) is 34.6 Å². The number of aliphatic hydroxyl groups excluding tert-OH is 1. The lowest BCUT2D eigenvalue weighted by Crippen LogP contribution is -2.60. The molecule has 6 unspecified atom stereocenters. The van der Waals surface area contributed by atoms with Gasteiger partial charge in [-0.3, -0.25) is 4.79 Å². The second-order valence-corrected chi connectivity index (χ2v) is 18.3. The number of amides is 1. The van der Waals surface area contributed by atoms with Gasteiger partial charge in [-0.15, -0.1) is 0 Å². The number of carbonyl (C=O) groups excluding carboxylic acids is 2. The normalized spacial score (nSPS) is 51.0. The van der Waals surface area contributed by atoms with Crippen molar-refractivity contribution in [2.75, 3.05) is 33.4 Å². The number of methoxy groups -OCH3 is 1. The predicted octanol–water partition coefficient (Wildman–Crippen LogP) is 5.95. The van der Waals surface area contributed by atoms with E-state index in [1.165, 1.54) is 39.2 Å². The summed E-state index contributed by atoms with van der Waals surface area (Å²) in [6.45, 7) is 14.0. The lowest BCUT2D eigenvalue weighted by Gasteiger charge is -2.64. The molecule has 2 saturated heterocycles. The summed E-state index contributed by atoms with van der Waals surface area (Å²) in [5.74, 6) is 2.55. The number of carbonyl (C=O) groups is 2. The zero-order valence-corrected chi connectivity index (χ0v) is 29.6. The van der Waals surface area contributed by atoms with Crippen molar-refractivity contribution in [2.24, 2.45) is 56.7 Å². The Morgan fingerprint density at radius 2 is 1.72 bits per heavy atom. The first-order valence-electron chi connectivity index (χ1n) is 18.9. The highest BCUT2D eigenvalue weighted by Crippen LogP contribution is 2.89. The minimum absolute atomic E-state index is 0.00476. The van der Waals surface area contributed by atoms with Crippen molar-refractivity contribution < 1.29 is 38.4 Å². The molecule has 6 saturated carbocycles. The zero-order chi connectivity index (χ0) is 33.1. The Labute approximate surface area is 281 Å². The Morgan fingerprint density at radius 1 is 0.979 bits per heavy atom. The minimum Gasteiger partial charge on any atom is -0.438 e. The summed E-state index contributed by atoms with van der Waals surface area (Å²) in [4.78, 5) is 26.6. The molecular weight excluding hydrogens is 598 g/mol. The third-order valence-corrected chi connectivity index (χ3v) is 16.2.